The van der Waals surface area contributed by atoms with Crippen LogP contribution in [0.2, 0.25) is 0 Å². The third-order valence-electron chi connectivity index (χ3n) is 3.64. The first kappa shape index (κ1) is 19.5. The zero-order chi connectivity index (χ0) is 19.4. The number of benzene rings is 1. The van der Waals surface area contributed by atoms with Crippen molar-refractivity contribution >= 4 is 33.7 Å². The summed E-state index contributed by atoms with van der Waals surface area (Å²) in [6.07, 6.45) is 1.63. The van der Waals surface area contributed by atoms with Gasteiger partial charge in [0.1, 0.15) is 22.7 Å². The molecule has 0 fully saturated rings. The number of rotatable bonds is 7. The van der Waals surface area contributed by atoms with Gasteiger partial charge in [-0.1, -0.05) is 29.3 Å². The van der Waals surface area contributed by atoms with Gasteiger partial charge in [0.25, 0.3) is 5.56 Å². The van der Waals surface area contributed by atoms with Crippen molar-refractivity contribution in [3.8, 4) is 16.9 Å². The van der Waals surface area contributed by atoms with E-state index >= 15 is 0 Å². The van der Waals surface area contributed by atoms with E-state index in [0.29, 0.717) is 11.1 Å². The summed E-state index contributed by atoms with van der Waals surface area (Å²) >= 11 is 3.27. The molecule has 2 aromatic rings. The molecule has 0 unspecified atom stereocenters. The van der Waals surface area contributed by atoms with E-state index in [4.69, 9.17) is 10.5 Å². The molecule has 0 atom stereocenters. The summed E-state index contributed by atoms with van der Waals surface area (Å²) in [6, 6.07) is 4.74. The molecule has 1 heterocycles. The monoisotopic (exact) mass is 424 g/mol. The topological polar surface area (TPSA) is 143 Å². The normalized spacial score (nSPS) is 10.5. The highest BCUT2D eigenvalue weighted by atomic mass is 79.9. The van der Waals surface area contributed by atoms with E-state index < -0.39 is 34.4 Å². The number of unbranched alkanes of at least 4 members (excludes halogenated alkanes) is 1. The number of aromatic amines is 1. The average Bonchev–Trinajstić information content (AvgIpc) is 2.54. The van der Waals surface area contributed by atoms with Gasteiger partial charge in [-0.15, -0.1) is 0 Å². The summed E-state index contributed by atoms with van der Waals surface area (Å²) < 4.78 is 6.23. The summed E-state index contributed by atoms with van der Waals surface area (Å²) in [7, 11) is 0. The van der Waals surface area contributed by atoms with Crippen LogP contribution in [-0.4, -0.2) is 33.7 Å². The predicted octanol–water partition coefficient (Wildman–Crippen LogP) is 2.96. The Morgan fingerprint density at radius 2 is 1.88 bits per heavy atom. The first-order valence-electron chi connectivity index (χ1n) is 7.73. The molecule has 2 rings (SSSR count). The lowest BCUT2D eigenvalue weighted by atomic mass is 9.94. The SMILES string of the molecule is CCCCOc1ccc(Br)cc1-c1c(C(=O)O)c(N)[nH]c(=O)c1C(=O)O. The molecule has 0 radical (unpaired) electrons. The number of carboxylic acid groups (broad SMARTS) is 2. The molecular formula is C17H17BrN2O6. The average molecular weight is 425 g/mol. The second kappa shape index (κ2) is 8.05. The van der Waals surface area contributed by atoms with E-state index in [2.05, 4.69) is 20.9 Å². The number of nitrogens with two attached hydrogens (primary N) is 1. The molecule has 0 saturated heterocycles. The molecule has 0 spiro atoms. The number of hydrogen-bond donors (Lipinski definition) is 4. The molecule has 26 heavy (non-hydrogen) atoms. The largest absolute Gasteiger partial charge is 0.493 e. The van der Waals surface area contributed by atoms with Crippen LogP contribution in [0.25, 0.3) is 11.1 Å². The molecule has 1 aromatic carbocycles. The van der Waals surface area contributed by atoms with E-state index in [1.807, 2.05) is 6.92 Å². The van der Waals surface area contributed by atoms with E-state index in [1.54, 1.807) is 12.1 Å². The van der Waals surface area contributed by atoms with Crippen LogP contribution >= 0.6 is 15.9 Å². The van der Waals surface area contributed by atoms with Crippen LogP contribution in [0.5, 0.6) is 5.75 Å². The summed E-state index contributed by atoms with van der Waals surface area (Å²) in [5.74, 6) is -3.20. The molecule has 8 nitrogen and oxygen atoms in total. The van der Waals surface area contributed by atoms with Crippen LogP contribution in [0.3, 0.4) is 0 Å². The molecule has 0 aliphatic rings. The van der Waals surface area contributed by atoms with Crippen molar-refractivity contribution in [2.24, 2.45) is 0 Å². The van der Waals surface area contributed by atoms with Crippen LogP contribution in [0.4, 0.5) is 5.82 Å². The Bertz CT molecular complexity index is 922. The zero-order valence-electron chi connectivity index (χ0n) is 13.8. The van der Waals surface area contributed by atoms with E-state index in [0.717, 1.165) is 12.8 Å². The van der Waals surface area contributed by atoms with Crippen molar-refractivity contribution in [3.63, 3.8) is 0 Å². The van der Waals surface area contributed by atoms with Gasteiger partial charge >= 0.3 is 11.9 Å². The highest BCUT2D eigenvalue weighted by Gasteiger charge is 2.28. The van der Waals surface area contributed by atoms with Gasteiger partial charge in [0, 0.05) is 15.6 Å². The molecule has 1 aromatic heterocycles. The lowest BCUT2D eigenvalue weighted by molar-refractivity contribution is 0.0695. The Labute approximate surface area is 156 Å². The standard InChI is InChI=1S/C17H17BrN2O6/c1-2-3-6-26-10-5-4-8(18)7-9(10)11-12(16(22)23)14(19)20-15(21)13(11)17(24)25/h4-5,7H,2-3,6H2,1H3,(H,22,23)(H,24,25)(H3,19,20,21). The second-order valence-electron chi connectivity index (χ2n) is 5.45. The number of hydrogen-bond acceptors (Lipinski definition) is 5. The molecular weight excluding hydrogens is 408 g/mol. The summed E-state index contributed by atoms with van der Waals surface area (Å²) in [4.78, 5) is 37.6. The summed E-state index contributed by atoms with van der Waals surface area (Å²) in [5, 5.41) is 19.0. The minimum atomic E-state index is -1.57. The Morgan fingerprint density at radius 3 is 2.46 bits per heavy atom. The van der Waals surface area contributed by atoms with Crippen LogP contribution in [0.15, 0.2) is 27.5 Å². The van der Waals surface area contributed by atoms with Crippen molar-refractivity contribution < 1.29 is 24.5 Å². The van der Waals surface area contributed by atoms with Crippen molar-refractivity contribution in [3.05, 3.63) is 44.2 Å². The van der Waals surface area contributed by atoms with Crippen molar-refractivity contribution in [2.45, 2.75) is 19.8 Å². The molecule has 0 amide bonds. The fraction of sp³-hybridized carbons (Fsp3) is 0.235. The number of carboxylic acids is 2. The lowest BCUT2D eigenvalue weighted by Crippen LogP contribution is -2.24. The van der Waals surface area contributed by atoms with Gasteiger partial charge in [0.2, 0.25) is 0 Å². The van der Waals surface area contributed by atoms with Crippen molar-refractivity contribution in [1.29, 1.82) is 0 Å². The third kappa shape index (κ3) is 3.88. The number of pyridine rings is 1. The summed E-state index contributed by atoms with van der Waals surface area (Å²) in [5.41, 5.74) is 3.32. The van der Waals surface area contributed by atoms with Gasteiger partial charge in [-0.3, -0.25) is 4.79 Å². The molecule has 0 aliphatic carbocycles. The smallest absolute Gasteiger partial charge is 0.342 e. The van der Waals surface area contributed by atoms with Gasteiger partial charge in [0.15, 0.2) is 0 Å². The van der Waals surface area contributed by atoms with Crippen LogP contribution in [0.1, 0.15) is 40.5 Å². The Balaban J connectivity index is 2.86. The predicted molar refractivity (Wildman–Crippen MR) is 98.9 cm³/mol. The van der Waals surface area contributed by atoms with Gasteiger partial charge in [-0.2, -0.15) is 0 Å². The van der Waals surface area contributed by atoms with Gasteiger partial charge in [0.05, 0.1) is 6.61 Å². The Morgan fingerprint density at radius 1 is 1.23 bits per heavy atom. The number of aromatic carboxylic acids is 2. The number of aromatic nitrogens is 1. The quantitative estimate of drug-likeness (QED) is 0.500. The molecule has 0 saturated carbocycles. The number of anilines is 1. The Hall–Kier alpha value is -2.81. The first-order chi connectivity index (χ1) is 12.3. The minimum absolute atomic E-state index is 0.156. The molecule has 0 aliphatic heterocycles. The highest BCUT2D eigenvalue weighted by Crippen LogP contribution is 2.37. The maximum absolute atomic E-state index is 12.1. The maximum Gasteiger partial charge on any atom is 0.342 e. The molecule has 0 bridgehead atoms. The Kier molecular flexibility index (Phi) is 6.04. The van der Waals surface area contributed by atoms with Gasteiger partial charge in [-0.25, -0.2) is 9.59 Å². The molecule has 9 heteroatoms. The van der Waals surface area contributed by atoms with Crippen LogP contribution < -0.4 is 16.0 Å². The molecule has 138 valence electrons. The van der Waals surface area contributed by atoms with Crippen LogP contribution in [-0.2, 0) is 0 Å². The third-order valence-corrected chi connectivity index (χ3v) is 4.13. The van der Waals surface area contributed by atoms with Crippen molar-refractivity contribution in [2.75, 3.05) is 12.3 Å². The maximum atomic E-state index is 12.1. The van der Waals surface area contributed by atoms with E-state index in [9.17, 15) is 24.6 Å². The van der Waals surface area contributed by atoms with E-state index in [1.165, 1.54) is 6.07 Å². The number of H-pyrrole nitrogens is 1. The zero-order valence-corrected chi connectivity index (χ0v) is 15.4. The number of halogens is 1. The fourth-order valence-electron chi connectivity index (χ4n) is 2.47. The fourth-order valence-corrected chi connectivity index (χ4v) is 2.83. The first-order valence-corrected chi connectivity index (χ1v) is 8.52. The summed E-state index contributed by atoms with van der Waals surface area (Å²) in [6.45, 7) is 2.34. The number of carbonyl (C=O) groups is 2. The van der Waals surface area contributed by atoms with E-state index in [-0.39, 0.29) is 16.9 Å². The van der Waals surface area contributed by atoms with Gasteiger partial charge < -0.3 is 25.7 Å². The van der Waals surface area contributed by atoms with Crippen molar-refractivity contribution in [1.82, 2.24) is 4.98 Å². The number of nitrogens with one attached hydrogen (secondary N) is 1. The second-order valence-corrected chi connectivity index (χ2v) is 6.36. The van der Waals surface area contributed by atoms with Gasteiger partial charge in [-0.05, 0) is 24.6 Å². The highest BCUT2D eigenvalue weighted by molar-refractivity contribution is 9.10. The minimum Gasteiger partial charge on any atom is -0.493 e. The molecule has 5 N–H and O–H groups in total. The lowest BCUT2D eigenvalue weighted by Gasteiger charge is -2.16. The van der Waals surface area contributed by atoms with Crippen LogP contribution in [0, 0.1) is 0 Å². The number of nitrogen functional groups attached to an aromatic ring is 1. The number of ether oxygens (including phenoxy) is 1.